The minimum Gasteiger partial charge on any atom is -0.356 e. The van der Waals surface area contributed by atoms with Gasteiger partial charge in [-0.3, -0.25) is 5.32 Å². The Balaban J connectivity index is 1.98. The molecule has 64 valence electrons. The first kappa shape index (κ1) is 7.53. The van der Waals surface area contributed by atoms with Gasteiger partial charge in [0, 0.05) is 6.54 Å². The smallest absolute Gasteiger partial charge is 0.214 e. The second-order valence-corrected chi connectivity index (χ2v) is 3.59. The molecule has 1 aliphatic heterocycles. The van der Waals surface area contributed by atoms with Gasteiger partial charge in [0.1, 0.15) is 0 Å². The molecule has 3 nitrogen and oxygen atoms in total. The lowest BCUT2D eigenvalue weighted by molar-refractivity contribution is -0.152. The molecule has 0 aromatic carbocycles. The van der Waals surface area contributed by atoms with Gasteiger partial charge >= 0.3 is 0 Å². The van der Waals surface area contributed by atoms with Gasteiger partial charge in [0.15, 0.2) is 0 Å². The number of aliphatic hydroxyl groups excluding tert-OH is 1. The zero-order valence-electron chi connectivity index (χ0n) is 6.68. The molecule has 2 fully saturated rings. The molecule has 11 heavy (non-hydrogen) atoms. The van der Waals surface area contributed by atoms with Crippen molar-refractivity contribution in [3.8, 4) is 0 Å². The Morgan fingerprint density at radius 2 is 2.00 bits per heavy atom. The summed E-state index contributed by atoms with van der Waals surface area (Å²) in [6.45, 7) is 0.828. The van der Waals surface area contributed by atoms with Crippen molar-refractivity contribution >= 4 is 0 Å². The van der Waals surface area contributed by atoms with Gasteiger partial charge in [0.25, 0.3) is 0 Å². The van der Waals surface area contributed by atoms with Crippen LogP contribution in [0.5, 0.6) is 0 Å². The van der Waals surface area contributed by atoms with Crippen molar-refractivity contribution < 1.29 is 9.84 Å². The zero-order valence-corrected chi connectivity index (χ0v) is 6.68. The molecule has 0 amide bonds. The highest BCUT2D eigenvalue weighted by Crippen LogP contribution is 2.34. The molecule has 1 saturated carbocycles. The van der Waals surface area contributed by atoms with E-state index in [4.69, 9.17) is 9.84 Å². The van der Waals surface area contributed by atoms with Crippen LogP contribution in [0.25, 0.3) is 0 Å². The summed E-state index contributed by atoms with van der Waals surface area (Å²) >= 11 is 0. The third-order valence-electron chi connectivity index (χ3n) is 2.73. The average Bonchev–Trinajstić information content (AvgIpc) is 2.34. The van der Waals surface area contributed by atoms with Crippen molar-refractivity contribution in [3.63, 3.8) is 0 Å². The Labute approximate surface area is 66.7 Å². The SMILES string of the molecule is OC1NCC2(CCCCC2)O1. The van der Waals surface area contributed by atoms with Gasteiger partial charge in [0.2, 0.25) is 6.41 Å². The van der Waals surface area contributed by atoms with Gasteiger partial charge < -0.3 is 9.84 Å². The van der Waals surface area contributed by atoms with Crippen LogP contribution >= 0.6 is 0 Å². The molecule has 1 unspecified atom stereocenters. The lowest BCUT2D eigenvalue weighted by Gasteiger charge is -2.31. The summed E-state index contributed by atoms with van der Waals surface area (Å²) in [6.07, 6.45) is 5.31. The number of nitrogens with one attached hydrogen (secondary N) is 1. The minimum absolute atomic E-state index is 0.0162. The lowest BCUT2D eigenvalue weighted by Crippen LogP contribution is -2.35. The molecule has 1 aliphatic carbocycles. The lowest BCUT2D eigenvalue weighted by atomic mass is 9.85. The van der Waals surface area contributed by atoms with Crippen LogP contribution in [0, 0.1) is 0 Å². The van der Waals surface area contributed by atoms with E-state index in [1.165, 1.54) is 19.3 Å². The summed E-state index contributed by atoms with van der Waals surface area (Å²) in [5.74, 6) is 0. The summed E-state index contributed by atoms with van der Waals surface area (Å²) in [7, 11) is 0. The summed E-state index contributed by atoms with van der Waals surface area (Å²) in [5.41, 5.74) is -0.0162. The van der Waals surface area contributed by atoms with E-state index in [2.05, 4.69) is 5.32 Å². The maximum atomic E-state index is 9.11. The van der Waals surface area contributed by atoms with Crippen LogP contribution in [0.1, 0.15) is 32.1 Å². The molecule has 0 aromatic rings. The highest BCUT2D eigenvalue weighted by Gasteiger charge is 2.39. The Kier molecular flexibility index (Phi) is 1.87. The fourth-order valence-electron chi connectivity index (χ4n) is 2.08. The monoisotopic (exact) mass is 157 g/mol. The van der Waals surface area contributed by atoms with E-state index < -0.39 is 6.41 Å². The molecule has 0 radical (unpaired) electrons. The van der Waals surface area contributed by atoms with E-state index in [1.54, 1.807) is 0 Å². The Hall–Kier alpha value is -0.120. The number of ether oxygens (including phenoxy) is 1. The fourth-order valence-corrected chi connectivity index (χ4v) is 2.08. The van der Waals surface area contributed by atoms with Crippen LogP contribution in [0.2, 0.25) is 0 Å². The van der Waals surface area contributed by atoms with Crippen molar-refractivity contribution in [3.05, 3.63) is 0 Å². The second-order valence-electron chi connectivity index (χ2n) is 3.59. The molecule has 0 bridgehead atoms. The third-order valence-corrected chi connectivity index (χ3v) is 2.73. The summed E-state index contributed by atoms with van der Waals surface area (Å²) in [5, 5.41) is 12.0. The van der Waals surface area contributed by atoms with Crippen molar-refractivity contribution in [2.75, 3.05) is 6.54 Å². The van der Waals surface area contributed by atoms with Crippen LogP contribution in [-0.2, 0) is 4.74 Å². The predicted molar refractivity (Wildman–Crippen MR) is 40.9 cm³/mol. The average molecular weight is 157 g/mol. The molecule has 0 aromatic heterocycles. The minimum atomic E-state index is -0.715. The highest BCUT2D eigenvalue weighted by molar-refractivity contribution is 4.90. The van der Waals surface area contributed by atoms with E-state index in [9.17, 15) is 0 Å². The van der Waals surface area contributed by atoms with Crippen LogP contribution in [0.4, 0.5) is 0 Å². The molecule has 3 heteroatoms. The molecule has 1 heterocycles. The first-order chi connectivity index (χ1) is 5.31. The largest absolute Gasteiger partial charge is 0.356 e. The normalized spacial score (nSPS) is 36.3. The van der Waals surface area contributed by atoms with E-state index in [1.807, 2.05) is 0 Å². The Morgan fingerprint density at radius 1 is 1.27 bits per heavy atom. The topological polar surface area (TPSA) is 41.5 Å². The van der Waals surface area contributed by atoms with E-state index in [0.717, 1.165) is 19.4 Å². The van der Waals surface area contributed by atoms with Crippen molar-refractivity contribution in [2.24, 2.45) is 0 Å². The highest BCUT2D eigenvalue weighted by atomic mass is 16.6. The van der Waals surface area contributed by atoms with Crippen LogP contribution < -0.4 is 5.32 Å². The summed E-state index contributed by atoms with van der Waals surface area (Å²) < 4.78 is 5.43. The van der Waals surface area contributed by atoms with Crippen LogP contribution in [0.15, 0.2) is 0 Å². The molecular formula is C8H15NO2. The van der Waals surface area contributed by atoms with Crippen LogP contribution in [0.3, 0.4) is 0 Å². The van der Waals surface area contributed by atoms with Gasteiger partial charge in [-0.25, -0.2) is 0 Å². The molecule has 1 atom stereocenters. The van der Waals surface area contributed by atoms with Crippen molar-refractivity contribution in [1.29, 1.82) is 0 Å². The fraction of sp³-hybridized carbons (Fsp3) is 1.00. The van der Waals surface area contributed by atoms with Gasteiger partial charge in [-0.2, -0.15) is 0 Å². The molecular weight excluding hydrogens is 142 g/mol. The quantitative estimate of drug-likeness (QED) is 0.540. The third kappa shape index (κ3) is 1.41. The predicted octanol–water partition coefficient (Wildman–Crippen LogP) is 0.585. The van der Waals surface area contributed by atoms with E-state index >= 15 is 0 Å². The Morgan fingerprint density at radius 3 is 2.55 bits per heavy atom. The van der Waals surface area contributed by atoms with Gasteiger partial charge in [0.05, 0.1) is 5.60 Å². The summed E-state index contributed by atoms with van der Waals surface area (Å²) in [4.78, 5) is 0. The van der Waals surface area contributed by atoms with Gasteiger partial charge in [-0.1, -0.05) is 19.3 Å². The maximum absolute atomic E-state index is 9.11. The molecule has 2 N–H and O–H groups in total. The number of hydrogen-bond donors (Lipinski definition) is 2. The van der Waals surface area contributed by atoms with Gasteiger partial charge in [-0.15, -0.1) is 0 Å². The number of hydrogen-bond acceptors (Lipinski definition) is 3. The maximum Gasteiger partial charge on any atom is 0.214 e. The molecule has 1 saturated heterocycles. The van der Waals surface area contributed by atoms with E-state index in [-0.39, 0.29) is 5.60 Å². The first-order valence-electron chi connectivity index (χ1n) is 4.40. The standard InChI is InChI=1S/C8H15NO2/c10-7-9-6-8(11-7)4-2-1-3-5-8/h7,9-10H,1-6H2. The van der Waals surface area contributed by atoms with Crippen LogP contribution in [-0.4, -0.2) is 23.7 Å². The number of rotatable bonds is 0. The Bertz CT molecular complexity index is 138. The van der Waals surface area contributed by atoms with Gasteiger partial charge in [-0.05, 0) is 12.8 Å². The zero-order chi connectivity index (χ0) is 7.73. The first-order valence-corrected chi connectivity index (χ1v) is 4.40. The second kappa shape index (κ2) is 2.73. The van der Waals surface area contributed by atoms with E-state index in [0.29, 0.717) is 0 Å². The molecule has 1 spiro atoms. The molecule has 2 rings (SSSR count). The summed E-state index contributed by atoms with van der Waals surface area (Å²) in [6, 6.07) is 0. The van der Waals surface area contributed by atoms with Crippen molar-refractivity contribution in [1.82, 2.24) is 5.32 Å². The van der Waals surface area contributed by atoms with Crippen molar-refractivity contribution in [2.45, 2.75) is 44.1 Å². The molecule has 2 aliphatic rings. The number of aliphatic hydroxyl groups is 1.